The van der Waals surface area contributed by atoms with Gasteiger partial charge in [0.25, 0.3) is 5.56 Å². The second-order valence-corrected chi connectivity index (χ2v) is 7.56. The first kappa shape index (κ1) is 20.1. The number of methoxy groups -OCH3 is 1. The number of carbonyl (C=O) groups is 1. The fourth-order valence-corrected chi connectivity index (χ4v) is 3.88. The van der Waals surface area contributed by atoms with Crippen LogP contribution >= 0.6 is 0 Å². The smallest absolute Gasteiger partial charge is 0.356 e. The summed E-state index contributed by atoms with van der Waals surface area (Å²) in [5.74, 6) is -0.422. The topological polar surface area (TPSA) is 78.5 Å². The second-order valence-electron chi connectivity index (χ2n) is 7.56. The molecule has 1 aliphatic heterocycles. The number of aryl methyl sites for hydroxylation is 1. The van der Waals surface area contributed by atoms with Crippen LogP contribution in [-0.4, -0.2) is 54.1 Å². The molecule has 156 valence electrons. The molecule has 0 atom stereocenters. The van der Waals surface area contributed by atoms with Gasteiger partial charge in [-0.15, -0.1) is 0 Å². The number of nitrogens with zero attached hydrogens (tertiary/aromatic N) is 3. The summed E-state index contributed by atoms with van der Waals surface area (Å²) in [7, 11) is 1.35. The molecule has 4 rings (SSSR count). The fourth-order valence-electron chi connectivity index (χ4n) is 3.88. The Balaban J connectivity index is 1.38. The summed E-state index contributed by atoms with van der Waals surface area (Å²) in [5.41, 5.74) is 4.24. The maximum absolute atomic E-state index is 12.1. The zero-order valence-electron chi connectivity index (χ0n) is 17.4. The molecule has 0 amide bonds. The summed E-state index contributed by atoms with van der Waals surface area (Å²) in [5, 5.41) is 1.07. The molecule has 0 unspecified atom stereocenters. The number of fused-ring (bicyclic) bond motifs is 1. The van der Waals surface area contributed by atoms with E-state index in [1.165, 1.54) is 12.7 Å². The predicted octanol–water partition coefficient (Wildman–Crippen LogP) is 2.59. The van der Waals surface area contributed by atoms with Crippen molar-refractivity contribution in [2.75, 3.05) is 38.2 Å². The lowest BCUT2D eigenvalue weighted by Crippen LogP contribution is -2.46. The summed E-state index contributed by atoms with van der Waals surface area (Å²) < 4.78 is 4.70. The number of hydrogen-bond acceptors (Lipinski definition) is 6. The zero-order valence-corrected chi connectivity index (χ0v) is 17.4. The third kappa shape index (κ3) is 4.21. The molecule has 7 nitrogen and oxygen atoms in total. The minimum absolute atomic E-state index is 0.00240. The number of nitrogens with one attached hydrogen (secondary N) is 1. The average molecular weight is 406 g/mol. The van der Waals surface area contributed by atoms with Crippen LogP contribution in [0.25, 0.3) is 10.9 Å². The lowest BCUT2D eigenvalue weighted by atomic mass is 10.1. The number of ether oxygens (including phenoxy) is 1. The zero-order chi connectivity index (χ0) is 21.1. The monoisotopic (exact) mass is 406 g/mol. The first-order valence-electron chi connectivity index (χ1n) is 10.2. The van der Waals surface area contributed by atoms with Gasteiger partial charge < -0.3 is 14.6 Å². The van der Waals surface area contributed by atoms with Crippen molar-refractivity contribution in [2.24, 2.45) is 0 Å². The van der Waals surface area contributed by atoms with Gasteiger partial charge in [-0.2, -0.15) is 0 Å². The molecule has 3 heterocycles. The normalized spacial score (nSPS) is 14.8. The van der Waals surface area contributed by atoms with Crippen molar-refractivity contribution in [3.05, 3.63) is 69.8 Å². The molecule has 0 radical (unpaired) electrons. The number of carbonyl (C=O) groups excluding carboxylic acids is 1. The minimum Gasteiger partial charge on any atom is -0.464 e. The number of rotatable bonds is 5. The van der Waals surface area contributed by atoms with Crippen LogP contribution in [0, 0.1) is 0 Å². The van der Waals surface area contributed by atoms with Gasteiger partial charge in [-0.05, 0) is 41.6 Å². The van der Waals surface area contributed by atoms with Gasteiger partial charge in [0.05, 0.1) is 19.0 Å². The number of benzene rings is 1. The number of piperazine rings is 1. The molecule has 0 saturated carbocycles. The minimum atomic E-state index is -0.422. The highest BCUT2D eigenvalue weighted by Gasteiger charge is 2.18. The van der Waals surface area contributed by atoms with Crippen molar-refractivity contribution in [1.29, 1.82) is 0 Å². The van der Waals surface area contributed by atoms with Gasteiger partial charge >= 0.3 is 5.97 Å². The summed E-state index contributed by atoms with van der Waals surface area (Å²) in [4.78, 5) is 35.5. The molecule has 7 heteroatoms. The highest BCUT2D eigenvalue weighted by Crippen LogP contribution is 2.19. The molecule has 0 bridgehead atoms. The Morgan fingerprint density at radius 1 is 1.13 bits per heavy atom. The Hall–Kier alpha value is -3.19. The van der Waals surface area contributed by atoms with Gasteiger partial charge in [-0.3, -0.25) is 9.69 Å². The molecule has 2 aromatic heterocycles. The maximum atomic E-state index is 12.1. The van der Waals surface area contributed by atoms with Crippen LogP contribution in [0.3, 0.4) is 0 Å². The van der Waals surface area contributed by atoms with E-state index in [1.807, 2.05) is 19.1 Å². The van der Waals surface area contributed by atoms with E-state index in [-0.39, 0.29) is 5.56 Å². The summed E-state index contributed by atoms with van der Waals surface area (Å²) >= 11 is 0. The van der Waals surface area contributed by atoms with Crippen molar-refractivity contribution < 1.29 is 9.53 Å². The van der Waals surface area contributed by atoms with E-state index < -0.39 is 5.97 Å². The van der Waals surface area contributed by atoms with Crippen LogP contribution in [0.2, 0.25) is 0 Å². The summed E-state index contributed by atoms with van der Waals surface area (Å²) in [6.45, 7) is 6.49. The first-order chi connectivity index (χ1) is 14.6. The Kier molecular flexibility index (Phi) is 5.81. The third-order valence-corrected chi connectivity index (χ3v) is 5.65. The van der Waals surface area contributed by atoms with Gasteiger partial charge in [-0.25, -0.2) is 9.78 Å². The van der Waals surface area contributed by atoms with Crippen molar-refractivity contribution in [1.82, 2.24) is 14.9 Å². The lowest BCUT2D eigenvalue weighted by Gasteiger charge is -2.36. The SMILES string of the molecule is CCc1cc2ccc(CN3CCN(c4ccc(C(=O)OC)nc4)CC3)cc2[nH]c1=O. The number of aromatic nitrogens is 2. The molecule has 1 N–H and O–H groups in total. The number of aromatic amines is 1. The number of anilines is 1. The van der Waals surface area contributed by atoms with Crippen LogP contribution in [0.4, 0.5) is 5.69 Å². The number of pyridine rings is 2. The average Bonchev–Trinajstić information content (AvgIpc) is 2.78. The molecule has 30 heavy (non-hydrogen) atoms. The van der Waals surface area contributed by atoms with Crippen LogP contribution in [-0.2, 0) is 17.7 Å². The maximum Gasteiger partial charge on any atom is 0.356 e. The van der Waals surface area contributed by atoms with E-state index in [2.05, 4.69) is 38.0 Å². The van der Waals surface area contributed by atoms with E-state index in [1.54, 1.807) is 12.3 Å². The molecule has 0 aliphatic carbocycles. The summed E-state index contributed by atoms with van der Waals surface area (Å²) in [6, 6.07) is 11.9. The fraction of sp³-hybridized carbons (Fsp3) is 0.348. The van der Waals surface area contributed by atoms with Crippen molar-refractivity contribution in [3.63, 3.8) is 0 Å². The molecular formula is C23H26N4O3. The van der Waals surface area contributed by atoms with Crippen LogP contribution in [0.1, 0.15) is 28.5 Å². The molecule has 1 aliphatic rings. The Morgan fingerprint density at radius 2 is 1.93 bits per heavy atom. The van der Waals surface area contributed by atoms with E-state index in [0.29, 0.717) is 5.69 Å². The van der Waals surface area contributed by atoms with Gasteiger partial charge in [-0.1, -0.05) is 19.1 Å². The van der Waals surface area contributed by atoms with Crippen molar-refractivity contribution in [3.8, 4) is 0 Å². The molecule has 0 spiro atoms. The predicted molar refractivity (Wildman–Crippen MR) is 117 cm³/mol. The number of esters is 1. The Labute approximate surface area is 175 Å². The molecule has 1 saturated heterocycles. The molecular weight excluding hydrogens is 380 g/mol. The van der Waals surface area contributed by atoms with E-state index in [4.69, 9.17) is 4.74 Å². The van der Waals surface area contributed by atoms with Crippen LogP contribution in [0.15, 0.2) is 47.4 Å². The van der Waals surface area contributed by atoms with Gasteiger partial charge in [0.2, 0.25) is 0 Å². The highest BCUT2D eigenvalue weighted by molar-refractivity contribution is 5.87. The van der Waals surface area contributed by atoms with Gasteiger partial charge in [0.1, 0.15) is 5.69 Å². The molecule has 3 aromatic rings. The van der Waals surface area contributed by atoms with E-state index in [0.717, 1.165) is 61.3 Å². The highest BCUT2D eigenvalue weighted by atomic mass is 16.5. The van der Waals surface area contributed by atoms with Crippen molar-refractivity contribution >= 4 is 22.6 Å². The Bertz CT molecular complexity index is 1100. The lowest BCUT2D eigenvalue weighted by molar-refractivity contribution is 0.0594. The second kappa shape index (κ2) is 8.67. The van der Waals surface area contributed by atoms with Gasteiger partial charge in [0, 0.05) is 43.8 Å². The largest absolute Gasteiger partial charge is 0.464 e. The third-order valence-electron chi connectivity index (χ3n) is 5.65. The standard InChI is InChI=1S/C23H26N4O3/c1-3-17-13-18-5-4-16(12-21(18)25-22(17)28)15-26-8-10-27(11-9-26)19-6-7-20(24-14-19)23(29)30-2/h4-7,12-14H,3,8-11,15H2,1-2H3,(H,25,28). The quantitative estimate of drug-likeness (QED) is 0.656. The van der Waals surface area contributed by atoms with E-state index in [9.17, 15) is 9.59 Å². The molecule has 1 fully saturated rings. The Morgan fingerprint density at radius 3 is 2.60 bits per heavy atom. The number of H-pyrrole nitrogens is 1. The summed E-state index contributed by atoms with van der Waals surface area (Å²) in [6.07, 6.45) is 2.46. The van der Waals surface area contributed by atoms with Crippen molar-refractivity contribution in [2.45, 2.75) is 19.9 Å². The van der Waals surface area contributed by atoms with Crippen LogP contribution < -0.4 is 10.5 Å². The van der Waals surface area contributed by atoms with Crippen LogP contribution in [0.5, 0.6) is 0 Å². The number of hydrogen-bond donors (Lipinski definition) is 1. The van der Waals surface area contributed by atoms with Gasteiger partial charge in [0.15, 0.2) is 0 Å². The van der Waals surface area contributed by atoms with E-state index >= 15 is 0 Å². The molecule has 1 aromatic carbocycles. The first-order valence-corrected chi connectivity index (χ1v) is 10.2.